The fourth-order valence-corrected chi connectivity index (χ4v) is 2.51. The average Bonchev–Trinajstić information content (AvgIpc) is 2.91. The van der Waals surface area contributed by atoms with Gasteiger partial charge in [-0.15, -0.1) is 0 Å². The van der Waals surface area contributed by atoms with E-state index >= 15 is 0 Å². The van der Waals surface area contributed by atoms with Crippen molar-refractivity contribution in [2.75, 3.05) is 20.1 Å². The van der Waals surface area contributed by atoms with Crippen LogP contribution in [0.15, 0.2) is 0 Å². The Kier molecular flexibility index (Phi) is 5.83. The maximum absolute atomic E-state index is 11.8. The normalized spacial score (nSPS) is 25.2. The quantitative estimate of drug-likeness (QED) is 0.781. The summed E-state index contributed by atoms with van der Waals surface area (Å²) in [6.07, 6.45) is 0.923. The predicted molar refractivity (Wildman–Crippen MR) is 81.6 cm³/mol. The number of carbonyl (C=O) groups is 1. The predicted octanol–water partition coefficient (Wildman–Crippen LogP) is 1.81. The van der Waals surface area contributed by atoms with Crippen molar-refractivity contribution in [3.8, 4) is 0 Å². The van der Waals surface area contributed by atoms with Crippen LogP contribution in [0.4, 0.5) is 4.79 Å². The highest BCUT2D eigenvalue weighted by Crippen LogP contribution is 2.38. The Morgan fingerprint density at radius 1 is 1.50 bits per heavy atom. The molecule has 1 saturated carbocycles. The lowest BCUT2D eigenvalue weighted by molar-refractivity contribution is 0.0477. The molecule has 4 atom stereocenters. The van der Waals surface area contributed by atoms with Gasteiger partial charge >= 0.3 is 6.09 Å². The van der Waals surface area contributed by atoms with Gasteiger partial charge in [0.25, 0.3) is 0 Å². The molecule has 118 valence electrons. The Morgan fingerprint density at radius 3 is 2.45 bits per heavy atom. The summed E-state index contributed by atoms with van der Waals surface area (Å²) in [5.41, 5.74) is 5.40. The lowest BCUT2D eigenvalue weighted by Crippen LogP contribution is -2.53. The van der Waals surface area contributed by atoms with E-state index in [-0.39, 0.29) is 18.2 Å². The fourth-order valence-electron chi connectivity index (χ4n) is 2.51. The number of likely N-dealkylation sites (N-methyl/N-ethyl adjacent to an activating group) is 1. The molecule has 5 heteroatoms. The smallest absolute Gasteiger partial charge is 0.407 e. The van der Waals surface area contributed by atoms with Crippen LogP contribution in [0, 0.1) is 11.8 Å². The summed E-state index contributed by atoms with van der Waals surface area (Å²) in [4.78, 5) is 14.1. The van der Waals surface area contributed by atoms with E-state index in [1.807, 2.05) is 27.7 Å². The third kappa shape index (κ3) is 5.67. The zero-order valence-electron chi connectivity index (χ0n) is 13.8. The van der Waals surface area contributed by atoms with Crippen molar-refractivity contribution in [3.05, 3.63) is 0 Å². The first-order chi connectivity index (χ1) is 9.14. The van der Waals surface area contributed by atoms with E-state index in [0.29, 0.717) is 6.54 Å². The second kappa shape index (κ2) is 6.76. The molecular formula is C15H31N3O2. The van der Waals surface area contributed by atoms with Crippen LogP contribution in [0.2, 0.25) is 0 Å². The number of nitrogens with two attached hydrogens (primary N) is 1. The third-order valence-electron chi connectivity index (χ3n) is 3.93. The molecule has 1 rings (SSSR count). The molecule has 0 aliphatic heterocycles. The first-order valence-electron chi connectivity index (χ1n) is 7.54. The number of amides is 1. The van der Waals surface area contributed by atoms with E-state index in [4.69, 9.17) is 10.5 Å². The number of ether oxygens (including phenoxy) is 1. The van der Waals surface area contributed by atoms with Crippen LogP contribution in [0.3, 0.4) is 0 Å². The summed E-state index contributed by atoms with van der Waals surface area (Å²) in [6.45, 7) is 11.4. The molecule has 0 aromatic heterocycles. The first kappa shape index (κ1) is 17.2. The van der Waals surface area contributed by atoms with Gasteiger partial charge in [0.1, 0.15) is 5.60 Å². The highest BCUT2D eigenvalue weighted by molar-refractivity contribution is 5.68. The maximum atomic E-state index is 11.8. The van der Waals surface area contributed by atoms with Gasteiger partial charge in [-0.2, -0.15) is 0 Å². The van der Waals surface area contributed by atoms with Gasteiger partial charge in [0.2, 0.25) is 0 Å². The van der Waals surface area contributed by atoms with Gasteiger partial charge in [0, 0.05) is 25.2 Å². The number of alkyl carbamates (subject to hydrolysis) is 1. The minimum Gasteiger partial charge on any atom is -0.444 e. The Labute approximate surface area is 123 Å². The van der Waals surface area contributed by atoms with E-state index in [9.17, 15) is 4.79 Å². The van der Waals surface area contributed by atoms with Gasteiger partial charge in [-0.25, -0.2) is 4.79 Å². The summed E-state index contributed by atoms with van der Waals surface area (Å²) in [5, 5.41) is 2.89. The van der Waals surface area contributed by atoms with E-state index in [1.165, 1.54) is 6.42 Å². The molecule has 3 N–H and O–H groups in total. The van der Waals surface area contributed by atoms with Crippen LogP contribution in [0.1, 0.15) is 41.0 Å². The number of hydrogen-bond donors (Lipinski definition) is 2. The van der Waals surface area contributed by atoms with Crippen LogP contribution < -0.4 is 11.1 Å². The Morgan fingerprint density at radius 2 is 2.05 bits per heavy atom. The molecular weight excluding hydrogens is 254 g/mol. The molecule has 0 radical (unpaired) electrons. The number of hydrogen-bond acceptors (Lipinski definition) is 4. The largest absolute Gasteiger partial charge is 0.444 e. The van der Waals surface area contributed by atoms with Crippen LogP contribution >= 0.6 is 0 Å². The van der Waals surface area contributed by atoms with E-state index in [0.717, 1.165) is 18.4 Å². The fraction of sp³-hybridized carbons (Fsp3) is 0.933. The van der Waals surface area contributed by atoms with Crippen molar-refractivity contribution >= 4 is 6.09 Å². The third-order valence-corrected chi connectivity index (χ3v) is 3.93. The van der Waals surface area contributed by atoms with Crippen molar-refractivity contribution < 1.29 is 9.53 Å². The van der Waals surface area contributed by atoms with Gasteiger partial charge in [0.15, 0.2) is 0 Å². The minimum absolute atomic E-state index is 0.0334. The molecule has 1 aliphatic rings. The van der Waals surface area contributed by atoms with Gasteiger partial charge < -0.3 is 15.8 Å². The molecule has 1 fully saturated rings. The molecule has 0 aromatic carbocycles. The molecule has 1 aliphatic carbocycles. The monoisotopic (exact) mass is 285 g/mol. The number of nitrogens with zero attached hydrogens (tertiary/aromatic N) is 1. The summed E-state index contributed by atoms with van der Waals surface area (Å²) in [6, 6.07) is 0.101. The molecule has 0 spiro atoms. The topological polar surface area (TPSA) is 67.6 Å². The summed E-state index contributed by atoms with van der Waals surface area (Å²) < 4.78 is 5.28. The highest BCUT2D eigenvalue weighted by Gasteiger charge is 2.35. The maximum Gasteiger partial charge on any atom is 0.407 e. The molecule has 0 bridgehead atoms. The summed E-state index contributed by atoms with van der Waals surface area (Å²) in [5.74, 6) is 1.60. The van der Waals surface area contributed by atoms with Crippen LogP contribution in [0.25, 0.3) is 0 Å². The summed E-state index contributed by atoms with van der Waals surface area (Å²) >= 11 is 0. The van der Waals surface area contributed by atoms with Crippen molar-refractivity contribution in [1.29, 1.82) is 0 Å². The molecule has 5 nitrogen and oxygen atoms in total. The second-order valence-corrected chi connectivity index (χ2v) is 7.15. The van der Waals surface area contributed by atoms with Gasteiger partial charge in [-0.05, 0) is 53.0 Å². The van der Waals surface area contributed by atoms with E-state index in [2.05, 4.69) is 24.2 Å². The number of nitrogens with one attached hydrogen (secondary N) is 1. The average molecular weight is 285 g/mol. The van der Waals surface area contributed by atoms with Gasteiger partial charge in [-0.3, -0.25) is 4.90 Å². The van der Waals surface area contributed by atoms with Crippen molar-refractivity contribution in [2.45, 2.75) is 58.7 Å². The zero-order chi connectivity index (χ0) is 15.5. The standard InChI is InChI=1S/C15H31N3O2/c1-10-7-12(10)9-18(6)13(8-16)11(2)17-14(19)20-15(3,4)5/h10-13H,7-9,16H2,1-6H3,(H,17,19). The first-order valence-corrected chi connectivity index (χ1v) is 7.54. The Bertz CT molecular complexity index is 328. The van der Waals surface area contributed by atoms with Crippen LogP contribution in [-0.2, 0) is 4.74 Å². The van der Waals surface area contributed by atoms with Crippen LogP contribution in [0.5, 0.6) is 0 Å². The van der Waals surface area contributed by atoms with Crippen molar-refractivity contribution in [2.24, 2.45) is 17.6 Å². The highest BCUT2D eigenvalue weighted by atomic mass is 16.6. The molecule has 20 heavy (non-hydrogen) atoms. The molecule has 1 amide bonds. The van der Waals surface area contributed by atoms with Gasteiger partial charge in [-0.1, -0.05) is 6.92 Å². The Balaban J connectivity index is 2.45. The van der Waals surface area contributed by atoms with Gasteiger partial charge in [0.05, 0.1) is 0 Å². The minimum atomic E-state index is -0.475. The molecule has 4 unspecified atom stereocenters. The molecule has 0 saturated heterocycles. The zero-order valence-corrected chi connectivity index (χ0v) is 13.8. The number of carbonyl (C=O) groups excluding carboxylic acids is 1. The molecule has 0 aromatic rings. The van der Waals surface area contributed by atoms with Crippen LogP contribution in [-0.4, -0.2) is 48.8 Å². The van der Waals surface area contributed by atoms with Crippen molar-refractivity contribution in [1.82, 2.24) is 10.2 Å². The van der Waals surface area contributed by atoms with E-state index in [1.54, 1.807) is 0 Å². The Hall–Kier alpha value is -0.810. The lowest BCUT2D eigenvalue weighted by atomic mass is 10.1. The molecule has 0 heterocycles. The number of rotatable bonds is 6. The lowest BCUT2D eigenvalue weighted by Gasteiger charge is -2.33. The van der Waals surface area contributed by atoms with E-state index < -0.39 is 5.60 Å². The SMILES string of the molecule is CC1CC1CN(C)C(CN)C(C)NC(=O)OC(C)(C)C. The second-order valence-electron chi connectivity index (χ2n) is 7.15. The van der Waals surface area contributed by atoms with Crippen molar-refractivity contribution in [3.63, 3.8) is 0 Å². The summed E-state index contributed by atoms with van der Waals surface area (Å²) in [7, 11) is 2.08.